The molecule has 0 aromatic heterocycles. The molecule has 0 saturated heterocycles. The molecule has 1 aliphatic heterocycles. The van der Waals surface area contributed by atoms with Gasteiger partial charge in [0.25, 0.3) is 0 Å². The topological polar surface area (TPSA) is 57.1 Å². The lowest BCUT2D eigenvalue weighted by Gasteiger charge is -2.11. The second-order valence-electron chi connectivity index (χ2n) is 7.73. The van der Waals surface area contributed by atoms with Gasteiger partial charge >= 0.3 is 5.97 Å². The molecule has 0 bridgehead atoms. The minimum absolute atomic E-state index is 0.220. The fraction of sp³-hybridized carbons (Fsp3) is 0.0714. The fourth-order valence-corrected chi connectivity index (χ4v) is 3.91. The Morgan fingerprint density at radius 1 is 0.912 bits per heavy atom. The van der Waals surface area contributed by atoms with Crippen LogP contribution in [-0.4, -0.2) is 19.0 Å². The number of halogens is 1. The van der Waals surface area contributed by atoms with Gasteiger partial charge in [0, 0.05) is 10.6 Å². The zero-order valence-corrected chi connectivity index (χ0v) is 19.1. The van der Waals surface area contributed by atoms with Crippen LogP contribution in [0.25, 0.3) is 16.8 Å². The van der Waals surface area contributed by atoms with Crippen molar-refractivity contribution in [2.75, 3.05) is 7.11 Å². The van der Waals surface area contributed by atoms with Gasteiger partial charge in [0.1, 0.15) is 6.61 Å². The van der Waals surface area contributed by atoms with E-state index >= 15 is 0 Å². The first kappa shape index (κ1) is 21.7. The van der Waals surface area contributed by atoms with Crippen LogP contribution in [-0.2, 0) is 16.1 Å². The van der Waals surface area contributed by atoms with Crippen molar-refractivity contribution in [3.8, 4) is 11.5 Å². The van der Waals surface area contributed by atoms with Crippen LogP contribution >= 0.6 is 11.6 Å². The summed E-state index contributed by atoms with van der Waals surface area (Å²) in [6.07, 6.45) is 1.67. The van der Waals surface area contributed by atoms with Gasteiger partial charge in [0.05, 0.1) is 7.11 Å². The zero-order valence-electron chi connectivity index (χ0n) is 18.3. The number of benzene rings is 4. The van der Waals surface area contributed by atoms with Crippen LogP contribution in [0.5, 0.6) is 11.5 Å². The number of hydrogen-bond acceptors (Lipinski definition) is 5. The van der Waals surface area contributed by atoms with Gasteiger partial charge in [-0.25, -0.2) is 9.79 Å². The second-order valence-corrected chi connectivity index (χ2v) is 8.16. The Morgan fingerprint density at radius 2 is 1.76 bits per heavy atom. The maximum absolute atomic E-state index is 12.5. The van der Waals surface area contributed by atoms with E-state index in [1.807, 2.05) is 72.8 Å². The Labute approximate surface area is 201 Å². The van der Waals surface area contributed by atoms with E-state index in [1.54, 1.807) is 25.3 Å². The van der Waals surface area contributed by atoms with Crippen LogP contribution in [0, 0.1) is 0 Å². The normalized spacial score (nSPS) is 14.2. The molecule has 0 atom stereocenters. The first-order valence-corrected chi connectivity index (χ1v) is 11.0. The highest BCUT2D eigenvalue weighted by molar-refractivity contribution is 6.30. The van der Waals surface area contributed by atoms with Crippen LogP contribution in [0.2, 0.25) is 5.02 Å². The summed E-state index contributed by atoms with van der Waals surface area (Å²) >= 11 is 6.04. The molecule has 5 nitrogen and oxygen atoms in total. The molecule has 5 rings (SSSR count). The molecule has 0 unspecified atom stereocenters. The summed E-state index contributed by atoms with van der Waals surface area (Å²) in [4.78, 5) is 16.9. The minimum Gasteiger partial charge on any atom is -0.493 e. The molecule has 6 heteroatoms. The predicted octanol–water partition coefficient (Wildman–Crippen LogP) is 6.43. The Hall–Kier alpha value is -4.09. The van der Waals surface area contributed by atoms with Gasteiger partial charge in [-0.05, 0) is 64.4 Å². The van der Waals surface area contributed by atoms with E-state index in [4.69, 9.17) is 25.8 Å². The summed E-state index contributed by atoms with van der Waals surface area (Å²) < 4.78 is 16.8. The molecule has 0 radical (unpaired) electrons. The number of carbonyl (C=O) groups is 1. The van der Waals surface area contributed by atoms with Crippen LogP contribution in [0.4, 0.5) is 0 Å². The molecule has 1 aliphatic rings. The van der Waals surface area contributed by atoms with Crippen LogP contribution in [0.3, 0.4) is 0 Å². The standard InChI is InChI=1S/C28H20ClNO4/c1-32-26-15-18(9-12-25(26)33-17-19-5-4-8-23(29)13-19)14-24-28(31)34-27(30-24)22-11-10-20-6-2-3-7-21(20)16-22/h2-16H,17H2,1H3/b24-14-. The largest absolute Gasteiger partial charge is 0.493 e. The fourth-order valence-electron chi connectivity index (χ4n) is 3.69. The number of fused-ring (bicyclic) bond motifs is 1. The number of methoxy groups -OCH3 is 1. The highest BCUT2D eigenvalue weighted by Crippen LogP contribution is 2.31. The number of cyclic esters (lactones) is 1. The summed E-state index contributed by atoms with van der Waals surface area (Å²) in [5.41, 5.74) is 2.66. The quantitative estimate of drug-likeness (QED) is 0.241. The summed E-state index contributed by atoms with van der Waals surface area (Å²) in [6.45, 7) is 0.350. The Kier molecular flexibility index (Phi) is 6.02. The number of aliphatic imine (C=N–C) groups is 1. The third-order valence-corrected chi connectivity index (χ3v) is 5.63. The number of esters is 1. The first-order valence-electron chi connectivity index (χ1n) is 10.7. The maximum Gasteiger partial charge on any atom is 0.363 e. The maximum atomic E-state index is 12.5. The lowest BCUT2D eigenvalue weighted by atomic mass is 10.1. The molecule has 0 spiro atoms. The van der Waals surface area contributed by atoms with E-state index in [9.17, 15) is 4.79 Å². The monoisotopic (exact) mass is 469 g/mol. The summed E-state index contributed by atoms with van der Waals surface area (Å²) in [5, 5.41) is 2.81. The zero-order chi connectivity index (χ0) is 23.5. The average molecular weight is 470 g/mol. The Morgan fingerprint density at radius 3 is 2.59 bits per heavy atom. The minimum atomic E-state index is -0.497. The number of carbonyl (C=O) groups excluding carboxylic acids is 1. The lowest BCUT2D eigenvalue weighted by molar-refractivity contribution is -0.129. The lowest BCUT2D eigenvalue weighted by Crippen LogP contribution is -2.05. The molecule has 4 aromatic rings. The van der Waals surface area contributed by atoms with Gasteiger partial charge in [-0.1, -0.05) is 60.1 Å². The predicted molar refractivity (Wildman–Crippen MR) is 133 cm³/mol. The molecule has 168 valence electrons. The molecule has 34 heavy (non-hydrogen) atoms. The highest BCUT2D eigenvalue weighted by atomic mass is 35.5. The Balaban J connectivity index is 1.37. The Bertz CT molecular complexity index is 1460. The van der Waals surface area contributed by atoms with Gasteiger partial charge in [-0.2, -0.15) is 0 Å². The van der Waals surface area contributed by atoms with Crippen molar-refractivity contribution in [2.45, 2.75) is 6.61 Å². The number of hydrogen-bond donors (Lipinski definition) is 0. The number of nitrogens with zero attached hydrogens (tertiary/aromatic N) is 1. The molecule has 0 aliphatic carbocycles. The van der Waals surface area contributed by atoms with Crippen molar-refractivity contribution < 1.29 is 19.0 Å². The molecule has 0 saturated carbocycles. The van der Waals surface area contributed by atoms with Gasteiger partial charge in [-0.15, -0.1) is 0 Å². The number of rotatable bonds is 6. The molecular formula is C28H20ClNO4. The number of ether oxygens (including phenoxy) is 3. The molecule has 4 aromatic carbocycles. The van der Waals surface area contributed by atoms with Gasteiger partial charge in [0.15, 0.2) is 17.2 Å². The van der Waals surface area contributed by atoms with E-state index in [1.165, 1.54) is 0 Å². The van der Waals surface area contributed by atoms with Gasteiger partial charge < -0.3 is 14.2 Å². The van der Waals surface area contributed by atoms with Crippen molar-refractivity contribution in [1.29, 1.82) is 0 Å². The van der Waals surface area contributed by atoms with Crippen LogP contribution in [0.1, 0.15) is 16.7 Å². The third-order valence-electron chi connectivity index (χ3n) is 5.39. The van der Waals surface area contributed by atoms with E-state index in [0.29, 0.717) is 23.1 Å². The van der Waals surface area contributed by atoms with Crippen molar-refractivity contribution in [3.63, 3.8) is 0 Å². The van der Waals surface area contributed by atoms with E-state index in [-0.39, 0.29) is 11.6 Å². The van der Waals surface area contributed by atoms with Gasteiger partial charge in [0.2, 0.25) is 5.90 Å². The van der Waals surface area contributed by atoms with E-state index < -0.39 is 5.97 Å². The second kappa shape index (κ2) is 9.41. The average Bonchev–Trinajstić information content (AvgIpc) is 3.22. The summed E-state index contributed by atoms with van der Waals surface area (Å²) in [7, 11) is 1.57. The van der Waals surface area contributed by atoms with Crippen molar-refractivity contribution in [1.82, 2.24) is 0 Å². The molecular weight excluding hydrogens is 450 g/mol. The molecule has 0 amide bonds. The first-order chi connectivity index (χ1) is 16.6. The van der Waals surface area contributed by atoms with E-state index in [0.717, 1.165) is 27.5 Å². The van der Waals surface area contributed by atoms with E-state index in [2.05, 4.69) is 4.99 Å². The smallest absolute Gasteiger partial charge is 0.363 e. The van der Waals surface area contributed by atoms with Crippen molar-refractivity contribution in [2.24, 2.45) is 4.99 Å². The van der Waals surface area contributed by atoms with Crippen LogP contribution < -0.4 is 9.47 Å². The van der Waals surface area contributed by atoms with Crippen LogP contribution in [0.15, 0.2) is 95.6 Å². The summed E-state index contributed by atoms with van der Waals surface area (Å²) in [6, 6.07) is 26.7. The molecule has 0 fully saturated rings. The summed E-state index contributed by atoms with van der Waals surface area (Å²) in [5.74, 6) is 0.916. The molecule has 0 N–H and O–H groups in total. The molecule has 1 heterocycles. The van der Waals surface area contributed by atoms with Gasteiger partial charge in [-0.3, -0.25) is 0 Å². The van der Waals surface area contributed by atoms with Crippen molar-refractivity contribution in [3.05, 3.63) is 112 Å². The third kappa shape index (κ3) is 4.65. The SMILES string of the molecule is COc1cc(/C=C2\N=C(c3ccc4ccccc4c3)OC2=O)ccc1OCc1cccc(Cl)c1. The highest BCUT2D eigenvalue weighted by Gasteiger charge is 2.24. The van der Waals surface area contributed by atoms with Crippen molar-refractivity contribution >= 4 is 40.3 Å².